The lowest BCUT2D eigenvalue weighted by Gasteiger charge is -2.09. The fourth-order valence-electron chi connectivity index (χ4n) is 2.01. The Balaban J connectivity index is 1.79. The van der Waals surface area contributed by atoms with E-state index < -0.39 is 10.0 Å². The Morgan fingerprint density at radius 1 is 1.12 bits per heavy atom. The van der Waals surface area contributed by atoms with Gasteiger partial charge < -0.3 is 0 Å². The van der Waals surface area contributed by atoms with Crippen LogP contribution in [-0.4, -0.2) is 19.3 Å². The Bertz CT molecular complexity index is 988. The summed E-state index contributed by atoms with van der Waals surface area (Å²) in [6.45, 7) is 0. The van der Waals surface area contributed by atoms with Crippen molar-refractivity contribution in [1.29, 1.82) is 0 Å². The molecule has 1 heterocycles. The van der Waals surface area contributed by atoms with E-state index in [0.29, 0.717) is 15.7 Å². The standard InChI is InChI=1S/C16H12ClN3O3S2/c17-12-4-6-14(7-5-12)25(22,23)20-13-3-1-2-11(10-13)15(21)19-16-18-8-9-24-16/h1-10,20H,(H,18,19,21). The van der Waals surface area contributed by atoms with Gasteiger partial charge in [0.05, 0.1) is 4.90 Å². The molecule has 0 fully saturated rings. The topological polar surface area (TPSA) is 88.2 Å². The summed E-state index contributed by atoms with van der Waals surface area (Å²) in [5.74, 6) is -0.373. The van der Waals surface area contributed by atoms with E-state index in [-0.39, 0.29) is 16.5 Å². The molecule has 128 valence electrons. The zero-order valence-corrected chi connectivity index (χ0v) is 15.0. The van der Waals surface area contributed by atoms with Gasteiger partial charge in [-0.05, 0) is 42.5 Å². The first kappa shape index (κ1) is 17.4. The maximum absolute atomic E-state index is 12.4. The first-order valence-electron chi connectivity index (χ1n) is 7.03. The largest absolute Gasteiger partial charge is 0.298 e. The molecular formula is C16H12ClN3O3S2. The number of hydrogen-bond donors (Lipinski definition) is 2. The van der Waals surface area contributed by atoms with Gasteiger partial charge in [0, 0.05) is 27.9 Å². The highest BCUT2D eigenvalue weighted by Crippen LogP contribution is 2.20. The van der Waals surface area contributed by atoms with Crippen LogP contribution in [0.25, 0.3) is 0 Å². The van der Waals surface area contributed by atoms with E-state index >= 15 is 0 Å². The lowest BCUT2D eigenvalue weighted by molar-refractivity contribution is 0.102. The van der Waals surface area contributed by atoms with Crippen LogP contribution in [0, 0.1) is 0 Å². The maximum atomic E-state index is 12.4. The Hall–Kier alpha value is -2.42. The van der Waals surface area contributed by atoms with Gasteiger partial charge in [0.1, 0.15) is 0 Å². The van der Waals surface area contributed by atoms with Gasteiger partial charge in [0.25, 0.3) is 15.9 Å². The van der Waals surface area contributed by atoms with Gasteiger partial charge >= 0.3 is 0 Å². The first-order chi connectivity index (χ1) is 11.9. The van der Waals surface area contributed by atoms with Crippen LogP contribution in [0.15, 0.2) is 65.0 Å². The van der Waals surface area contributed by atoms with Crippen molar-refractivity contribution in [1.82, 2.24) is 4.98 Å². The summed E-state index contributed by atoms with van der Waals surface area (Å²) in [5, 5.41) is 5.30. The van der Waals surface area contributed by atoms with Crippen molar-refractivity contribution < 1.29 is 13.2 Å². The molecule has 0 radical (unpaired) electrons. The maximum Gasteiger partial charge on any atom is 0.261 e. The van der Waals surface area contributed by atoms with E-state index in [9.17, 15) is 13.2 Å². The summed E-state index contributed by atoms with van der Waals surface area (Å²) in [6.07, 6.45) is 1.58. The van der Waals surface area contributed by atoms with Gasteiger partial charge in [-0.2, -0.15) is 0 Å². The van der Waals surface area contributed by atoms with Crippen LogP contribution in [0.4, 0.5) is 10.8 Å². The van der Waals surface area contributed by atoms with E-state index in [1.807, 2.05) is 0 Å². The molecule has 0 unspecified atom stereocenters. The molecule has 6 nitrogen and oxygen atoms in total. The molecule has 25 heavy (non-hydrogen) atoms. The molecule has 0 spiro atoms. The first-order valence-corrected chi connectivity index (χ1v) is 9.77. The molecule has 3 rings (SSSR count). The predicted octanol–water partition coefficient (Wildman–Crippen LogP) is 3.85. The number of nitrogens with zero attached hydrogens (tertiary/aromatic N) is 1. The molecular weight excluding hydrogens is 382 g/mol. The number of nitrogens with one attached hydrogen (secondary N) is 2. The molecule has 0 aliphatic rings. The monoisotopic (exact) mass is 393 g/mol. The summed E-state index contributed by atoms with van der Waals surface area (Å²) >= 11 is 7.07. The van der Waals surface area contributed by atoms with E-state index in [4.69, 9.17) is 11.6 Å². The minimum absolute atomic E-state index is 0.0783. The van der Waals surface area contributed by atoms with Crippen LogP contribution in [-0.2, 0) is 10.0 Å². The fraction of sp³-hybridized carbons (Fsp3) is 0. The van der Waals surface area contributed by atoms with E-state index in [1.165, 1.54) is 41.7 Å². The normalized spacial score (nSPS) is 11.1. The van der Waals surface area contributed by atoms with E-state index in [2.05, 4.69) is 15.0 Å². The number of carbonyl (C=O) groups is 1. The Morgan fingerprint density at radius 3 is 2.56 bits per heavy atom. The highest BCUT2D eigenvalue weighted by Gasteiger charge is 2.15. The van der Waals surface area contributed by atoms with Crippen LogP contribution in [0.1, 0.15) is 10.4 Å². The molecule has 9 heteroatoms. The van der Waals surface area contributed by atoms with Crippen LogP contribution < -0.4 is 10.0 Å². The zero-order chi connectivity index (χ0) is 17.9. The van der Waals surface area contributed by atoms with Gasteiger partial charge in [0.2, 0.25) is 0 Å². The summed E-state index contributed by atoms with van der Waals surface area (Å²) < 4.78 is 27.2. The summed E-state index contributed by atoms with van der Waals surface area (Å²) in [6, 6.07) is 12.0. The average molecular weight is 394 g/mol. The van der Waals surface area contributed by atoms with Gasteiger partial charge in [-0.25, -0.2) is 13.4 Å². The number of sulfonamides is 1. The molecule has 0 aliphatic carbocycles. The second kappa shape index (κ2) is 7.22. The molecule has 0 saturated heterocycles. The third kappa shape index (κ3) is 4.36. The molecule has 3 aromatic rings. The number of halogens is 1. The van der Waals surface area contributed by atoms with Crippen LogP contribution in [0.3, 0.4) is 0 Å². The van der Waals surface area contributed by atoms with Crippen LogP contribution in [0.5, 0.6) is 0 Å². The van der Waals surface area contributed by atoms with Crippen molar-refractivity contribution in [2.45, 2.75) is 4.90 Å². The SMILES string of the molecule is O=C(Nc1nccs1)c1cccc(NS(=O)(=O)c2ccc(Cl)cc2)c1. The minimum atomic E-state index is -3.77. The highest BCUT2D eigenvalue weighted by molar-refractivity contribution is 7.92. The summed E-state index contributed by atoms with van der Waals surface area (Å²) in [7, 11) is -3.77. The second-order valence-corrected chi connectivity index (χ2v) is 7.95. The number of benzene rings is 2. The lowest BCUT2D eigenvalue weighted by Crippen LogP contribution is -2.15. The summed E-state index contributed by atoms with van der Waals surface area (Å²) in [5.41, 5.74) is 0.591. The van der Waals surface area contributed by atoms with Gasteiger partial charge in [0.15, 0.2) is 5.13 Å². The number of carbonyl (C=O) groups excluding carboxylic acids is 1. The lowest BCUT2D eigenvalue weighted by atomic mass is 10.2. The number of hydrogen-bond acceptors (Lipinski definition) is 5. The van der Waals surface area contributed by atoms with E-state index in [0.717, 1.165) is 0 Å². The molecule has 1 amide bonds. The Kier molecular flexibility index (Phi) is 5.03. The molecule has 2 N–H and O–H groups in total. The van der Waals surface area contributed by atoms with Crippen molar-refractivity contribution >= 4 is 49.7 Å². The molecule has 0 bridgehead atoms. The Morgan fingerprint density at radius 2 is 1.88 bits per heavy atom. The zero-order valence-electron chi connectivity index (χ0n) is 12.6. The smallest absolute Gasteiger partial charge is 0.261 e. The number of amides is 1. The summed E-state index contributed by atoms with van der Waals surface area (Å²) in [4.78, 5) is 16.3. The van der Waals surface area contributed by atoms with Gasteiger partial charge in [-0.3, -0.25) is 14.8 Å². The average Bonchev–Trinajstić information content (AvgIpc) is 3.08. The molecule has 0 atom stereocenters. The number of rotatable bonds is 5. The van der Waals surface area contributed by atoms with Gasteiger partial charge in [-0.15, -0.1) is 11.3 Å². The van der Waals surface area contributed by atoms with Crippen LogP contribution >= 0.6 is 22.9 Å². The molecule has 0 aliphatic heterocycles. The number of aromatic nitrogens is 1. The second-order valence-electron chi connectivity index (χ2n) is 4.93. The number of anilines is 2. The highest BCUT2D eigenvalue weighted by atomic mass is 35.5. The molecule has 2 aromatic carbocycles. The predicted molar refractivity (Wildman–Crippen MR) is 98.8 cm³/mol. The molecule has 0 saturated carbocycles. The van der Waals surface area contributed by atoms with Crippen molar-refractivity contribution in [2.75, 3.05) is 10.0 Å². The van der Waals surface area contributed by atoms with Gasteiger partial charge in [-0.1, -0.05) is 17.7 Å². The quantitative estimate of drug-likeness (QED) is 0.689. The van der Waals surface area contributed by atoms with Crippen molar-refractivity contribution in [3.8, 4) is 0 Å². The Labute approximate surface area is 153 Å². The third-order valence-corrected chi connectivity index (χ3v) is 5.49. The van der Waals surface area contributed by atoms with Crippen LogP contribution in [0.2, 0.25) is 5.02 Å². The van der Waals surface area contributed by atoms with Crippen molar-refractivity contribution in [3.05, 3.63) is 70.7 Å². The fourth-order valence-corrected chi connectivity index (χ4v) is 3.71. The minimum Gasteiger partial charge on any atom is -0.298 e. The van der Waals surface area contributed by atoms with E-state index in [1.54, 1.807) is 29.8 Å². The molecule has 1 aromatic heterocycles. The number of thiazole rings is 1. The van der Waals surface area contributed by atoms with Crippen molar-refractivity contribution in [2.24, 2.45) is 0 Å². The van der Waals surface area contributed by atoms with Crippen molar-refractivity contribution in [3.63, 3.8) is 0 Å². The third-order valence-electron chi connectivity index (χ3n) is 3.15.